The van der Waals surface area contributed by atoms with E-state index in [4.69, 9.17) is 0 Å². The number of nitrogens with one attached hydrogen (secondary N) is 1. The molecule has 1 spiro atoms. The quantitative estimate of drug-likeness (QED) is 0.659. The van der Waals surface area contributed by atoms with Crippen molar-refractivity contribution in [3.8, 4) is 0 Å². The summed E-state index contributed by atoms with van der Waals surface area (Å²) in [7, 11) is 0. The Morgan fingerprint density at radius 2 is 1.71 bits per heavy atom. The van der Waals surface area contributed by atoms with Gasteiger partial charge in [-0.05, 0) is 31.7 Å². The number of piperazine rings is 1. The van der Waals surface area contributed by atoms with E-state index in [-0.39, 0.29) is 0 Å². The molecule has 2 fully saturated rings. The van der Waals surface area contributed by atoms with E-state index in [1.807, 2.05) is 0 Å². The third-order valence-electron chi connectivity index (χ3n) is 5.79. The van der Waals surface area contributed by atoms with Gasteiger partial charge in [0.2, 0.25) is 0 Å². The van der Waals surface area contributed by atoms with E-state index in [0.29, 0.717) is 5.54 Å². The van der Waals surface area contributed by atoms with Crippen molar-refractivity contribution < 1.29 is 0 Å². The zero-order valence-corrected chi connectivity index (χ0v) is 14.8. The summed E-state index contributed by atoms with van der Waals surface area (Å²) in [6.07, 6.45) is 14.2. The van der Waals surface area contributed by atoms with Crippen LogP contribution in [0.3, 0.4) is 0 Å². The second kappa shape index (κ2) is 8.53. The monoisotopic (exact) mass is 294 g/mol. The molecular formula is C19H38N2. The first kappa shape index (κ1) is 17.3. The minimum Gasteiger partial charge on any atom is -0.308 e. The van der Waals surface area contributed by atoms with Crippen LogP contribution in [-0.2, 0) is 0 Å². The van der Waals surface area contributed by atoms with Gasteiger partial charge in [-0.3, -0.25) is 4.90 Å². The smallest absolute Gasteiger partial charge is 0.0309 e. The molecule has 21 heavy (non-hydrogen) atoms. The fourth-order valence-electron chi connectivity index (χ4n) is 4.40. The molecule has 1 aliphatic heterocycles. The average Bonchev–Trinajstić information content (AvgIpc) is 2.90. The average molecular weight is 295 g/mol. The molecule has 1 heterocycles. The second-order valence-electron chi connectivity index (χ2n) is 7.92. The van der Waals surface area contributed by atoms with Crippen LogP contribution >= 0.6 is 0 Å². The van der Waals surface area contributed by atoms with Crippen LogP contribution in [0.25, 0.3) is 0 Å². The highest BCUT2D eigenvalue weighted by Crippen LogP contribution is 2.34. The van der Waals surface area contributed by atoms with Gasteiger partial charge in [-0.1, -0.05) is 65.7 Å². The third-order valence-corrected chi connectivity index (χ3v) is 5.79. The van der Waals surface area contributed by atoms with Crippen molar-refractivity contribution in [1.29, 1.82) is 0 Å². The maximum Gasteiger partial charge on any atom is 0.0309 e. The first-order valence-electron chi connectivity index (χ1n) is 9.66. The van der Waals surface area contributed by atoms with Crippen LogP contribution in [0, 0.1) is 5.92 Å². The summed E-state index contributed by atoms with van der Waals surface area (Å²) in [5, 5.41) is 3.93. The van der Waals surface area contributed by atoms with Gasteiger partial charge in [0.25, 0.3) is 0 Å². The van der Waals surface area contributed by atoms with E-state index in [0.717, 1.165) is 12.0 Å². The lowest BCUT2D eigenvalue weighted by molar-refractivity contribution is 0.0556. The number of hydrogen-bond donors (Lipinski definition) is 1. The van der Waals surface area contributed by atoms with Gasteiger partial charge in [0.1, 0.15) is 0 Å². The largest absolute Gasteiger partial charge is 0.308 e. The second-order valence-corrected chi connectivity index (χ2v) is 7.92. The molecule has 0 aromatic rings. The zero-order chi connectivity index (χ0) is 15.1. The van der Waals surface area contributed by atoms with Crippen LogP contribution in [0.1, 0.15) is 85.0 Å². The first-order valence-corrected chi connectivity index (χ1v) is 9.66. The summed E-state index contributed by atoms with van der Waals surface area (Å²) in [5.41, 5.74) is 0.480. The first-order chi connectivity index (χ1) is 10.2. The summed E-state index contributed by atoms with van der Waals surface area (Å²) in [6.45, 7) is 11.0. The maximum atomic E-state index is 3.93. The number of hydrogen-bond acceptors (Lipinski definition) is 2. The molecule has 2 aliphatic rings. The van der Waals surface area contributed by atoms with Crippen molar-refractivity contribution >= 4 is 0 Å². The number of nitrogens with zero attached hydrogens (tertiary/aromatic N) is 1. The SMILES string of the molecule is CCCCCCCCN1CC2(CCCC2)NCC1C(C)C. The molecule has 0 aromatic carbocycles. The summed E-state index contributed by atoms with van der Waals surface area (Å²) in [4.78, 5) is 2.84. The molecule has 1 unspecified atom stereocenters. The van der Waals surface area contributed by atoms with E-state index in [1.165, 1.54) is 83.8 Å². The summed E-state index contributed by atoms with van der Waals surface area (Å²) < 4.78 is 0. The van der Waals surface area contributed by atoms with Gasteiger partial charge < -0.3 is 5.32 Å². The Morgan fingerprint density at radius 3 is 2.38 bits per heavy atom. The molecule has 124 valence electrons. The highest BCUT2D eigenvalue weighted by molar-refractivity contribution is 5.01. The highest BCUT2D eigenvalue weighted by atomic mass is 15.3. The topological polar surface area (TPSA) is 15.3 Å². The van der Waals surface area contributed by atoms with Gasteiger partial charge in [-0.15, -0.1) is 0 Å². The molecule has 0 aromatic heterocycles. The van der Waals surface area contributed by atoms with E-state index in [1.54, 1.807) is 0 Å². The molecule has 0 bridgehead atoms. The molecule has 0 radical (unpaired) electrons. The Labute approximate surface area is 133 Å². The fourth-order valence-corrected chi connectivity index (χ4v) is 4.40. The van der Waals surface area contributed by atoms with Crippen molar-refractivity contribution in [2.24, 2.45) is 5.92 Å². The van der Waals surface area contributed by atoms with Gasteiger partial charge in [0.15, 0.2) is 0 Å². The third kappa shape index (κ3) is 4.96. The Morgan fingerprint density at radius 1 is 1.05 bits per heavy atom. The van der Waals surface area contributed by atoms with E-state index in [9.17, 15) is 0 Å². The molecule has 1 saturated heterocycles. The van der Waals surface area contributed by atoms with Crippen LogP contribution in [-0.4, -0.2) is 36.1 Å². The minimum atomic E-state index is 0.480. The predicted molar refractivity (Wildman–Crippen MR) is 92.8 cm³/mol. The lowest BCUT2D eigenvalue weighted by atomic mass is 9.89. The number of unbranched alkanes of at least 4 members (excludes halogenated alkanes) is 5. The summed E-state index contributed by atoms with van der Waals surface area (Å²) in [5.74, 6) is 0.774. The number of rotatable bonds is 8. The normalized spacial score (nSPS) is 26.0. The Hall–Kier alpha value is -0.0800. The molecular weight excluding hydrogens is 256 g/mol. The van der Waals surface area contributed by atoms with Crippen LogP contribution in [0.5, 0.6) is 0 Å². The van der Waals surface area contributed by atoms with Crippen molar-refractivity contribution in [1.82, 2.24) is 10.2 Å². The molecule has 0 amide bonds. The maximum absolute atomic E-state index is 3.93. The van der Waals surface area contributed by atoms with E-state index in [2.05, 4.69) is 31.0 Å². The highest BCUT2D eigenvalue weighted by Gasteiger charge is 2.41. The molecule has 2 rings (SSSR count). The van der Waals surface area contributed by atoms with Gasteiger partial charge in [-0.25, -0.2) is 0 Å². The molecule has 1 saturated carbocycles. The van der Waals surface area contributed by atoms with Gasteiger partial charge in [0, 0.05) is 24.7 Å². The van der Waals surface area contributed by atoms with Crippen LogP contribution in [0.15, 0.2) is 0 Å². The lowest BCUT2D eigenvalue weighted by Gasteiger charge is -2.48. The van der Waals surface area contributed by atoms with Crippen molar-refractivity contribution in [2.75, 3.05) is 19.6 Å². The van der Waals surface area contributed by atoms with Crippen LogP contribution in [0.2, 0.25) is 0 Å². The molecule has 1 N–H and O–H groups in total. The minimum absolute atomic E-state index is 0.480. The van der Waals surface area contributed by atoms with Gasteiger partial charge >= 0.3 is 0 Å². The van der Waals surface area contributed by atoms with Crippen LogP contribution < -0.4 is 5.32 Å². The molecule has 1 aliphatic carbocycles. The Bertz CT molecular complexity index is 281. The summed E-state index contributed by atoms with van der Waals surface area (Å²) in [6, 6.07) is 0.756. The lowest BCUT2D eigenvalue weighted by Crippen LogP contribution is -2.64. The Balaban J connectivity index is 1.77. The Kier molecular flexibility index (Phi) is 7.01. The van der Waals surface area contributed by atoms with Crippen molar-refractivity contribution in [3.63, 3.8) is 0 Å². The van der Waals surface area contributed by atoms with Crippen molar-refractivity contribution in [3.05, 3.63) is 0 Å². The van der Waals surface area contributed by atoms with E-state index >= 15 is 0 Å². The molecule has 2 nitrogen and oxygen atoms in total. The molecule has 1 atom stereocenters. The fraction of sp³-hybridized carbons (Fsp3) is 1.00. The van der Waals surface area contributed by atoms with Crippen LogP contribution in [0.4, 0.5) is 0 Å². The van der Waals surface area contributed by atoms with E-state index < -0.39 is 0 Å². The van der Waals surface area contributed by atoms with Gasteiger partial charge in [-0.2, -0.15) is 0 Å². The van der Waals surface area contributed by atoms with Crippen molar-refractivity contribution in [2.45, 2.75) is 96.6 Å². The predicted octanol–water partition coefficient (Wildman–Crippen LogP) is 4.59. The van der Waals surface area contributed by atoms with Gasteiger partial charge in [0.05, 0.1) is 0 Å². The summed E-state index contributed by atoms with van der Waals surface area (Å²) >= 11 is 0. The standard InChI is InChI=1S/C19H38N2/c1-4-5-6-7-8-11-14-21-16-19(12-9-10-13-19)20-15-18(21)17(2)3/h17-18,20H,4-16H2,1-3H3. The molecule has 2 heteroatoms. The zero-order valence-electron chi connectivity index (χ0n) is 14.8.